The number of nitrogens with one attached hydrogen (secondary N) is 1. The van der Waals surface area contributed by atoms with E-state index in [1.54, 1.807) is 23.1 Å². The second kappa shape index (κ2) is 14.6. The zero-order chi connectivity index (χ0) is 24.9. The smallest absolute Gasteiger partial charge is 0.303 e. The number of ether oxygens (including phenoxy) is 1. The van der Waals surface area contributed by atoms with Crippen LogP contribution in [0.25, 0.3) is 6.08 Å². The van der Waals surface area contributed by atoms with Gasteiger partial charge in [-0.2, -0.15) is 0 Å². The van der Waals surface area contributed by atoms with Crippen molar-refractivity contribution < 1.29 is 29.3 Å². The van der Waals surface area contributed by atoms with Gasteiger partial charge in [0.1, 0.15) is 4.32 Å². The van der Waals surface area contributed by atoms with E-state index in [0.29, 0.717) is 47.5 Å². The second-order valence-corrected chi connectivity index (χ2v) is 9.53. The first-order valence-corrected chi connectivity index (χ1v) is 12.7. The zero-order valence-electron chi connectivity index (χ0n) is 19.4. The molecule has 10 heteroatoms. The molecule has 1 aliphatic rings. The van der Waals surface area contributed by atoms with Crippen LogP contribution >= 0.6 is 24.0 Å². The van der Waals surface area contributed by atoms with Crippen molar-refractivity contribution in [2.75, 3.05) is 19.7 Å². The van der Waals surface area contributed by atoms with E-state index in [2.05, 4.69) is 5.32 Å². The summed E-state index contributed by atoms with van der Waals surface area (Å²) in [7, 11) is 0. The van der Waals surface area contributed by atoms with Gasteiger partial charge < -0.3 is 20.3 Å². The minimum Gasteiger partial charge on any atom is -0.504 e. The summed E-state index contributed by atoms with van der Waals surface area (Å²) in [5.41, 5.74) is 0.745. The molecule has 0 unspecified atom stereocenters. The van der Waals surface area contributed by atoms with Crippen LogP contribution in [0.5, 0.6) is 11.5 Å². The maximum absolute atomic E-state index is 12.8. The van der Waals surface area contributed by atoms with Crippen LogP contribution in [0.3, 0.4) is 0 Å². The highest BCUT2D eigenvalue weighted by Crippen LogP contribution is 2.34. The number of benzene rings is 1. The normalized spacial score (nSPS) is 14.6. The van der Waals surface area contributed by atoms with Crippen molar-refractivity contribution in [3.05, 3.63) is 28.7 Å². The fourth-order valence-electron chi connectivity index (χ4n) is 3.36. The summed E-state index contributed by atoms with van der Waals surface area (Å²) in [6.07, 6.45) is 6.79. The number of phenolic OH excluding ortho intramolecular Hbond substituents is 1. The summed E-state index contributed by atoms with van der Waals surface area (Å²) < 4.78 is 5.91. The second-order valence-electron chi connectivity index (χ2n) is 7.86. The number of nitrogens with zero attached hydrogens (tertiary/aromatic N) is 1. The Morgan fingerprint density at radius 3 is 2.62 bits per heavy atom. The average Bonchev–Trinajstić information content (AvgIpc) is 3.05. The lowest BCUT2D eigenvalue weighted by Gasteiger charge is -2.14. The van der Waals surface area contributed by atoms with Crippen LogP contribution in [-0.4, -0.2) is 56.9 Å². The number of unbranched alkanes of at least 4 members (excludes halogenated alkanes) is 4. The minimum atomic E-state index is -0.792. The summed E-state index contributed by atoms with van der Waals surface area (Å²) in [6, 6.07) is 4.94. The Morgan fingerprint density at radius 1 is 1.15 bits per heavy atom. The Balaban J connectivity index is 1.69. The molecule has 0 bridgehead atoms. The van der Waals surface area contributed by atoms with E-state index in [9.17, 15) is 19.5 Å². The maximum atomic E-state index is 12.8. The number of amides is 2. The molecule has 1 fully saturated rings. The number of aromatic hydroxyl groups is 1. The molecule has 1 saturated heterocycles. The number of rotatable bonds is 15. The quantitative estimate of drug-likeness (QED) is 0.182. The topological polar surface area (TPSA) is 116 Å². The summed E-state index contributed by atoms with van der Waals surface area (Å²) in [5, 5.41) is 21.3. The Labute approximate surface area is 209 Å². The van der Waals surface area contributed by atoms with Crippen LogP contribution < -0.4 is 10.1 Å². The van der Waals surface area contributed by atoms with Crippen molar-refractivity contribution >= 4 is 52.2 Å². The van der Waals surface area contributed by atoms with Gasteiger partial charge in [0, 0.05) is 25.9 Å². The summed E-state index contributed by atoms with van der Waals surface area (Å²) in [5.74, 6) is -0.515. The van der Waals surface area contributed by atoms with Gasteiger partial charge in [-0.15, -0.1) is 0 Å². The number of hydrogen-bond acceptors (Lipinski definition) is 7. The van der Waals surface area contributed by atoms with Gasteiger partial charge >= 0.3 is 5.97 Å². The molecule has 0 aromatic heterocycles. The monoisotopic (exact) mass is 508 g/mol. The van der Waals surface area contributed by atoms with Gasteiger partial charge in [0.15, 0.2) is 11.5 Å². The van der Waals surface area contributed by atoms with Crippen LogP contribution in [0, 0.1) is 0 Å². The van der Waals surface area contributed by atoms with Crippen molar-refractivity contribution in [1.29, 1.82) is 0 Å². The number of thiocarbonyl (C=S) groups is 1. The number of hydrogen-bond donors (Lipinski definition) is 3. The third-order valence-electron chi connectivity index (χ3n) is 5.13. The molecular formula is C24H32N2O6S2. The van der Waals surface area contributed by atoms with Gasteiger partial charge in [-0.3, -0.25) is 19.3 Å². The lowest BCUT2D eigenvalue weighted by atomic mass is 10.1. The predicted octanol–water partition coefficient (Wildman–Crippen LogP) is 4.31. The van der Waals surface area contributed by atoms with Crippen molar-refractivity contribution in [1.82, 2.24) is 10.2 Å². The minimum absolute atomic E-state index is 0.00732. The highest BCUT2D eigenvalue weighted by atomic mass is 32.2. The van der Waals surface area contributed by atoms with E-state index in [-0.39, 0.29) is 24.0 Å². The van der Waals surface area contributed by atoms with Crippen molar-refractivity contribution in [2.24, 2.45) is 0 Å². The number of thioether (sulfide) groups is 1. The lowest BCUT2D eigenvalue weighted by Crippen LogP contribution is -2.29. The first-order chi connectivity index (χ1) is 16.3. The Bertz CT molecular complexity index is 919. The van der Waals surface area contributed by atoms with Crippen molar-refractivity contribution in [2.45, 2.75) is 58.3 Å². The van der Waals surface area contributed by atoms with Crippen LogP contribution in [0.1, 0.15) is 63.9 Å². The molecule has 1 aromatic rings. The van der Waals surface area contributed by atoms with E-state index in [1.807, 2.05) is 6.92 Å². The van der Waals surface area contributed by atoms with E-state index >= 15 is 0 Å². The van der Waals surface area contributed by atoms with E-state index in [1.165, 1.54) is 17.8 Å². The van der Waals surface area contributed by atoms with Gasteiger partial charge in [0.05, 0.1) is 11.5 Å². The Hall–Kier alpha value is -2.59. The third-order valence-corrected chi connectivity index (χ3v) is 6.51. The van der Waals surface area contributed by atoms with Gasteiger partial charge in [-0.25, -0.2) is 0 Å². The molecule has 8 nitrogen and oxygen atoms in total. The van der Waals surface area contributed by atoms with Gasteiger partial charge in [0.2, 0.25) is 5.91 Å². The SMILES string of the molecule is CCOc1cc(/C=C2\SC(=S)N(CCCCCC(=O)NCCCCCC(=O)O)C2=O)ccc1O. The predicted molar refractivity (Wildman–Crippen MR) is 137 cm³/mol. The highest BCUT2D eigenvalue weighted by molar-refractivity contribution is 8.26. The molecule has 0 aliphatic carbocycles. The molecular weight excluding hydrogens is 476 g/mol. The van der Waals surface area contributed by atoms with E-state index in [4.69, 9.17) is 22.1 Å². The number of carboxylic acids is 1. The number of carbonyl (C=O) groups excluding carboxylic acids is 2. The molecule has 1 heterocycles. The van der Waals surface area contributed by atoms with Gasteiger partial charge in [-0.05, 0) is 56.4 Å². The highest BCUT2D eigenvalue weighted by Gasteiger charge is 2.31. The Kier molecular flexibility index (Phi) is 11.9. The summed E-state index contributed by atoms with van der Waals surface area (Å²) in [4.78, 5) is 37.2. The first kappa shape index (κ1) is 27.7. The average molecular weight is 509 g/mol. The summed E-state index contributed by atoms with van der Waals surface area (Å²) in [6.45, 7) is 3.33. The fraction of sp³-hybridized carbons (Fsp3) is 0.500. The molecule has 1 aliphatic heterocycles. The maximum Gasteiger partial charge on any atom is 0.303 e. The molecule has 34 heavy (non-hydrogen) atoms. The van der Waals surface area contributed by atoms with Gasteiger partial charge in [-0.1, -0.05) is 42.9 Å². The van der Waals surface area contributed by atoms with Crippen LogP contribution in [0.4, 0.5) is 0 Å². The van der Waals surface area contributed by atoms with E-state index in [0.717, 1.165) is 37.7 Å². The third kappa shape index (κ3) is 9.34. The number of phenols is 1. The molecule has 2 rings (SSSR count). The molecule has 186 valence electrons. The molecule has 0 atom stereocenters. The molecule has 2 amide bonds. The number of carboxylic acid groups (broad SMARTS) is 1. The fourth-order valence-corrected chi connectivity index (χ4v) is 4.67. The molecule has 1 aromatic carbocycles. The van der Waals surface area contributed by atoms with Crippen LogP contribution in [-0.2, 0) is 14.4 Å². The number of carbonyl (C=O) groups is 3. The van der Waals surface area contributed by atoms with Gasteiger partial charge in [0.25, 0.3) is 5.91 Å². The molecule has 3 N–H and O–H groups in total. The molecule has 0 saturated carbocycles. The largest absolute Gasteiger partial charge is 0.504 e. The zero-order valence-corrected chi connectivity index (χ0v) is 21.0. The van der Waals surface area contributed by atoms with Crippen molar-refractivity contribution in [3.8, 4) is 11.5 Å². The standard InChI is InChI=1S/C24H32N2O6S2/c1-2-32-19-15-17(11-12-18(19)27)16-20-23(31)26(24(33)34-20)14-8-4-5-9-21(28)25-13-7-3-6-10-22(29)30/h11-12,15-16,27H,2-10,13-14H2,1H3,(H,25,28)(H,29,30)/b20-16-. The van der Waals surface area contributed by atoms with Crippen molar-refractivity contribution in [3.63, 3.8) is 0 Å². The molecule has 0 spiro atoms. The van der Waals surface area contributed by atoms with Crippen LogP contribution in [0.2, 0.25) is 0 Å². The number of aliphatic carboxylic acids is 1. The summed E-state index contributed by atoms with van der Waals surface area (Å²) >= 11 is 6.63. The first-order valence-electron chi connectivity index (χ1n) is 11.5. The molecule has 0 radical (unpaired) electrons. The lowest BCUT2D eigenvalue weighted by molar-refractivity contribution is -0.137. The van der Waals surface area contributed by atoms with E-state index < -0.39 is 5.97 Å². The Morgan fingerprint density at radius 2 is 1.88 bits per heavy atom. The van der Waals surface area contributed by atoms with Crippen LogP contribution in [0.15, 0.2) is 23.1 Å².